The smallest absolute Gasteiger partial charge is 0.225 e. The van der Waals surface area contributed by atoms with Gasteiger partial charge < -0.3 is 10.2 Å². The van der Waals surface area contributed by atoms with Crippen LogP contribution in [0.1, 0.15) is 18.2 Å². The Morgan fingerprint density at radius 2 is 2.26 bits per heavy atom. The number of nitrogens with one attached hydrogen (secondary N) is 1. The zero-order chi connectivity index (χ0) is 14.0. The van der Waals surface area contributed by atoms with E-state index in [0.717, 1.165) is 16.0 Å². The summed E-state index contributed by atoms with van der Waals surface area (Å²) in [6.45, 7) is 4.09. The molecule has 0 aromatic carbocycles. The predicted octanol–water partition coefficient (Wildman–Crippen LogP) is 2.78. The van der Waals surface area contributed by atoms with Crippen LogP contribution in [0.15, 0.2) is 6.07 Å². The fourth-order valence-corrected chi connectivity index (χ4v) is 2.76. The molecule has 1 unspecified atom stereocenters. The quantitative estimate of drug-likeness (QED) is 0.929. The van der Waals surface area contributed by atoms with E-state index in [1.165, 1.54) is 4.88 Å². The maximum atomic E-state index is 8.83. The van der Waals surface area contributed by atoms with E-state index in [1.54, 1.807) is 11.3 Å². The first kappa shape index (κ1) is 13.6. The number of hydrogen-bond acceptors (Lipinski definition) is 6. The average Bonchev–Trinajstić information content (AvgIpc) is 2.76. The van der Waals surface area contributed by atoms with Crippen LogP contribution in [0.2, 0.25) is 0 Å². The minimum absolute atomic E-state index is 0.119. The van der Waals surface area contributed by atoms with Gasteiger partial charge in [-0.25, -0.2) is 4.98 Å². The Kier molecular flexibility index (Phi) is 3.86. The second kappa shape index (κ2) is 5.41. The van der Waals surface area contributed by atoms with Crippen LogP contribution in [0.5, 0.6) is 0 Å². The minimum atomic E-state index is 0.119. The van der Waals surface area contributed by atoms with Crippen LogP contribution in [0.4, 0.5) is 11.8 Å². The lowest BCUT2D eigenvalue weighted by molar-refractivity contribution is 0.696. The lowest BCUT2D eigenvalue weighted by Gasteiger charge is -2.24. The van der Waals surface area contributed by atoms with Crippen LogP contribution in [0.3, 0.4) is 0 Å². The number of aromatic nitrogens is 2. The van der Waals surface area contributed by atoms with Crippen molar-refractivity contribution in [2.24, 2.45) is 0 Å². The Morgan fingerprint density at radius 3 is 2.89 bits per heavy atom. The van der Waals surface area contributed by atoms with Crippen molar-refractivity contribution < 1.29 is 0 Å². The van der Waals surface area contributed by atoms with Crippen LogP contribution < -0.4 is 10.2 Å². The molecule has 0 aliphatic rings. The highest BCUT2D eigenvalue weighted by molar-refractivity contribution is 7.18. The van der Waals surface area contributed by atoms with E-state index in [9.17, 15) is 0 Å². The van der Waals surface area contributed by atoms with E-state index in [4.69, 9.17) is 5.26 Å². The summed E-state index contributed by atoms with van der Waals surface area (Å²) in [6.07, 6.45) is 0.472. The Labute approximate surface area is 116 Å². The van der Waals surface area contributed by atoms with E-state index >= 15 is 0 Å². The summed E-state index contributed by atoms with van der Waals surface area (Å²) in [7, 11) is 3.78. The highest BCUT2D eigenvalue weighted by Crippen LogP contribution is 2.32. The molecular weight excluding hydrogens is 258 g/mol. The molecule has 0 aliphatic heterocycles. The molecule has 2 rings (SSSR count). The van der Waals surface area contributed by atoms with Crippen molar-refractivity contribution >= 4 is 33.3 Å². The van der Waals surface area contributed by atoms with E-state index in [-0.39, 0.29) is 6.04 Å². The van der Waals surface area contributed by atoms with Crippen LogP contribution in [0, 0.1) is 18.3 Å². The summed E-state index contributed by atoms with van der Waals surface area (Å²) in [5, 5.41) is 12.9. The summed E-state index contributed by atoms with van der Waals surface area (Å²) in [4.78, 5) is 13.2. The van der Waals surface area contributed by atoms with Gasteiger partial charge in [-0.1, -0.05) is 0 Å². The van der Waals surface area contributed by atoms with Gasteiger partial charge in [0.2, 0.25) is 5.95 Å². The van der Waals surface area contributed by atoms with Gasteiger partial charge in [0, 0.05) is 25.0 Å². The highest BCUT2D eigenvalue weighted by atomic mass is 32.1. The van der Waals surface area contributed by atoms with Gasteiger partial charge in [0.25, 0.3) is 0 Å². The van der Waals surface area contributed by atoms with Crippen LogP contribution >= 0.6 is 11.3 Å². The second-order valence-corrected chi connectivity index (χ2v) is 5.75. The third kappa shape index (κ3) is 2.61. The van der Waals surface area contributed by atoms with Crippen molar-refractivity contribution in [3.05, 3.63) is 10.9 Å². The fraction of sp³-hybridized carbons (Fsp3) is 0.462. The van der Waals surface area contributed by atoms with Crippen molar-refractivity contribution in [2.75, 3.05) is 24.3 Å². The summed E-state index contributed by atoms with van der Waals surface area (Å²) in [5.41, 5.74) is 0. The van der Waals surface area contributed by atoms with E-state index in [1.807, 2.05) is 25.9 Å². The number of thiophene rings is 1. The third-order valence-corrected chi connectivity index (χ3v) is 4.05. The zero-order valence-electron chi connectivity index (χ0n) is 11.6. The zero-order valence-corrected chi connectivity index (χ0v) is 12.4. The van der Waals surface area contributed by atoms with Gasteiger partial charge in [-0.05, 0) is 19.9 Å². The first-order chi connectivity index (χ1) is 9.06. The lowest BCUT2D eigenvalue weighted by atomic mass is 10.2. The molecule has 100 valence electrons. The Balaban J connectivity index is 2.54. The number of rotatable bonds is 4. The highest BCUT2D eigenvalue weighted by Gasteiger charge is 2.17. The number of hydrogen-bond donors (Lipinski definition) is 1. The molecule has 0 saturated carbocycles. The second-order valence-electron chi connectivity index (χ2n) is 4.52. The van der Waals surface area contributed by atoms with Crippen LogP contribution in [0.25, 0.3) is 10.2 Å². The van der Waals surface area contributed by atoms with Gasteiger partial charge in [-0.15, -0.1) is 11.3 Å². The predicted molar refractivity (Wildman–Crippen MR) is 79.8 cm³/mol. The third-order valence-electron chi connectivity index (χ3n) is 3.10. The molecular formula is C13H17N5S. The summed E-state index contributed by atoms with van der Waals surface area (Å²) >= 11 is 1.66. The van der Waals surface area contributed by atoms with Gasteiger partial charge in [-0.2, -0.15) is 10.2 Å². The SMILES string of the molecule is CNc1nc(N(C)C(C)CC#N)c2cc(C)sc2n1. The van der Waals surface area contributed by atoms with Gasteiger partial charge in [-0.3, -0.25) is 0 Å². The molecule has 0 bridgehead atoms. The van der Waals surface area contributed by atoms with Gasteiger partial charge in [0.15, 0.2) is 0 Å². The molecule has 0 fully saturated rings. The minimum Gasteiger partial charge on any atom is -0.357 e. The van der Waals surface area contributed by atoms with Gasteiger partial charge in [0.1, 0.15) is 10.6 Å². The molecule has 0 aliphatic carbocycles. The molecule has 5 nitrogen and oxygen atoms in total. The number of nitriles is 1. The van der Waals surface area contributed by atoms with E-state index < -0.39 is 0 Å². The molecule has 0 amide bonds. The molecule has 19 heavy (non-hydrogen) atoms. The molecule has 0 spiro atoms. The number of aryl methyl sites for hydroxylation is 1. The summed E-state index contributed by atoms with van der Waals surface area (Å²) in [6, 6.07) is 4.42. The normalized spacial score (nSPS) is 12.2. The number of nitrogens with zero attached hydrogens (tertiary/aromatic N) is 4. The Hall–Kier alpha value is -1.87. The number of fused-ring (bicyclic) bond motifs is 1. The summed E-state index contributed by atoms with van der Waals surface area (Å²) in [5.74, 6) is 1.49. The topological polar surface area (TPSA) is 64.8 Å². The van der Waals surface area contributed by atoms with E-state index in [0.29, 0.717) is 12.4 Å². The molecule has 2 aromatic rings. The first-order valence-electron chi connectivity index (χ1n) is 6.12. The van der Waals surface area contributed by atoms with Crippen molar-refractivity contribution in [1.82, 2.24) is 9.97 Å². The first-order valence-corrected chi connectivity index (χ1v) is 6.94. The molecule has 2 heterocycles. The fourth-order valence-electron chi connectivity index (χ4n) is 1.89. The van der Waals surface area contributed by atoms with Crippen molar-refractivity contribution in [2.45, 2.75) is 26.3 Å². The van der Waals surface area contributed by atoms with Crippen molar-refractivity contribution in [1.29, 1.82) is 5.26 Å². The maximum Gasteiger partial charge on any atom is 0.225 e. The Morgan fingerprint density at radius 1 is 1.53 bits per heavy atom. The average molecular weight is 275 g/mol. The monoisotopic (exact) mass is 275 g/mol. The Bertz CT molecular complexity index is 628. The van der Waals surface area contributed by atoms with E-state index in [2.05, 4.69) is 34.3 Å². The molecule has 1 atom stereocenters. The van der Waals surface area contributed by atoms with Gasteiger partial charge in [0.05, 0.1) is 17.9 Å². The number of anilines is 2. The largest absolute Gasteiger partial charge is 0.357 e. The summed E-state index contributed by atoms with van der Waals surface area (Å²) < 4.78 is 0. The van der Waals surface area contributed by atoms with Crippen LogP contribution in [-0.4, -0.2) is 30.1 Å². The molecule has 2 aromatic heterocycles. The lowest BCUT2D eigenvalue weighted by Crippen LogP contribution is -2.29. The molecule has 6 heteroatoms. The van der Waals surface area contributed by atoms with Gasteiger partial charge >= 0.3 is 0 Å². The maximum absolute atomic E-state index is 8.83. The molecule has 1 N–H and O–H groups in total. The van der Waals surface area contributed by atoms with Crippen molar-refractivity contribution in [3.8, 4) is 6.07 Å². The molecule has 0 saturated heterocycles. The molecule has 0 radical (unpaired) electrons. The van der Waals surface area contributed by atoms with Crippen LogP contribution in [-0.2, 0) is 0 Å². The standard InChI is InChI=1S/C13H17N5S/c1-8(5-6-14)18(4)11-10-7-9(2)19-12(10)17-13(15-3)16-11/h7-8H,5H2,1-4H3,(H,15,16,17). The van der Waals surface area contributed by atoms with Crippen molar-refractivity contribution in [3.63, 3.8) is 0 Å².